The molecule has 0 amide bonds. The van der Waals surface area contributed by atoms with Gasteiger partial charge in [-0.1, -0.05) is 24.3 Å². The molecule has 0 aromatic heterocycles. The molecule has 1 unspecified atom stereocenters. The summed E-state index contributed by atoms with van der Waals surface area (Å²) in [5.41, 5.74) is 3.29. The van der Waals surface area contributed by atoms with Gasteiger partial charge in [-0.2, -0.15) is 0 Å². The quantitative estimate of drug-likeness (QED) is 0.817. The molecule has 1 aromatic carbocycles. The summed E-state index contributed by atoms with van der Waals surface area (Å²) in [4.78, 5) is 12.3. The maximum Gasteiger partial charge on any atom is 0.166 e. The van der Waals surface area contributed by atoms with Crippen molar-refractivity contribution in [2.45, 2.75) is 19.3 Å². The van der Waals surface area contributed by atoms with E-state index < -0.39 is 0 Å². The highest BCUT2D eigenvalue weighted by Gasteiger charge is 2.27. The van der Waals surface area contributed by atoms with Crippen molar-refractivity contribution in [1.29, 1.82) is 0 Å². The van der Waals surface area contributed by atoms with Gasteiger partial charge in [-0.15, -0.1) is 0 Å². The van der Waals surface area contributed by atoms with Crippen LogP contribution < -0.4 is 10.6 Å². The van der Waals surface area contributed by atoms with Gasteiger partial charge in [0.25, 0.3) is 0 Å². The zero-order valence-corrected chi connectivity index (χ0v) is 9.70. The molecule has 0 radical (unpaired) electrons. The van der Waals surface area contributed by atoms with Crippen LogP contribution in [0.1, 0.15) is 30.2 Å². The Kier molecular flexibility index (Phi) is 2.59. The van der Waals surface area contributed by atoms with Crippen LogP contribution in [0.4, 0.5) is 0 Å². The van der Waals surface area contributed by atoms with Crippen molar-refractivity contribution in [3.05, 3.63) is 47.3 Å². The van der Waals surface area contributed by atoms with Crippen LogP contribution in [0.3, 0.4) is 0 Å². The molecule has 1 aliphatic carbocycles. The molecule has 0 bridgehead atoms. The normalized spacial score (nSPS) is 22.5. The van der Waals surface area contributed by atoms with Crippen molar-refractivity contribution in [2.75, 3.05) is 6.67 Å². The number of hydrogen-bond acceptors (Lipinski definition) is 3. The van der Waals surface area contributed by atoms with Crippen LogP contribution in [0.5, 0.6) is 0 Å². The summed E-state index contributed by atoms with van der Waals surface area (Å²) < 4.78 is 0. The van der Waals surface area contributed by atoms with E-state index in [2.05, 4.69) is 16.7 Å². The van der Waals surface area contributed by atoms with Gasteiger partial charge in [-0.3, -0.25) is 4.79 Å². The van der Waals surface area contributed by atoms with Crippen molar-refractivity contribution in [3.8, 4) is 0 Å². The van der Waals surface area contributed by atoms with E-state index in [-0.39, 0.29) is 7.34 Å². The SMILES string of the molecule is O=C1c2ccccc2CCC1CC1=CNCN1.[HH]. The molecule has 17 heavy (non-hydrogen) atoms. The first-order valence-electron chi connectivity index (χ1n) is 6.13. The number of aryl methyl sites for hydroxylation is 1. The molecular weight excluding hydrogens is 212 g/mol. The van der Waals surface area contributed by atoms with E-state index >= 15 is 0 Å². The van der Waals surface area contributed by atoms with Crippen LogP contribution in [0.15, 0.2) is 36.2 Å². The van der Waals surface area contributed by atoms with Crippen LogP contribution in [-0.4, -0.2) is 12.5 Å². The number of nitrogens with one attached hydrogen (secondary N) is 2. The van der Waals surface area contributed by atoms with Gasteiger partial charge < -0.3 is 10.6 Å². The Morgan fingerprint density at radius 2 is 2.24 bits per heavy atom. The highest BCUT2D eigenvalue weighted by Crippen LogP contribution is 2.29. The van der Waals surface area contributed by atoms with Crippen LogP contribution in [0.25, 0.3) is 0 Å². The molecule has 1 atom stereocenters. The fourth-order valence-electron chi connectivity index (χ4n) is 2.64. The Morgan fingerprint density at radius 3 is 3.06 bits per heavy atom. The van der Waals surface area contributed by atoms with E-state index in [9.17, 15) is 4.79 Å². The van der Waals surface area contributed by atoms with Gasteiger partial charge >= 0.3 is 0 Å². The van der Waals surface area contributed by atoms with Gasteiger partial charge in [0.15, 0.2) is 5.78 Å². The number of benzene rings is 1. The van der Waals surface area contributed by atoms with Crippen molar-refractivity contribution < 1.29 is 6.22 Å². The van der Waals surface area contributed by atoms with E-state index in [4.69, 9.17) is 0 Å². The van der Waals surface area contributed by atoms with Gasteiger partial charge in [0, 0.05) is 24.8 Å². The minimum absolute atomic E-state index is 0. The molecule has 0 saturated carbocycles. The van der Waals surface area contributed by atoms with Crippen LogP contribution in [0, 0.1) is 5.92 Å². The van der Waals surface area contributed by atoms with Crippen molar-refractivity contribution >= 4 is 5.78 Å². The average molecular weight is 230 g/mol. The fourth-order valence-corrected chi connectivity index (χ4v) is 2.64. The maximum atomic E-state index is 12.3. The van der Waals surface area contributed by atoms with E-state index in [1.807, 2.05) is 24.4 Å². The van der Waals surface area contributed by atoms with Crippen molar-refractivity contribution in [3.63, 3.8) is 0 Å². The van der Waals surface area contributed by atoms with Gasteiger partial charge in [-0.25, -0.2) is 0 Å². The molecule has 3 rings (SSSR count). The Bertz CT molecular complexity index is 484. The molecule has 3 nitrogen and oxygen atoms in total. The molecule has 2 N–H and O–H groups in total. The lowest BCUT2D eigenvalue weighted by atomic mass is 9.80. The Morgan fingerprint density at radius 1 is 1.35 bits per heavy atom. The highest BCUT2D eigenvalue weighted by molar-refractivity contribution is 6.00. The lowest BCUT2D eigenvalue weighted by Crippen LogP contribution is -2.25. The largest absolute Gasteiger partial charge is 0.372 e. The minimum Gasteiger partial charge on any atom is -0.372 e. The smallest absolute Gasteiger partial charge is 0.166 e. The van der Waals surface area contributed by atoms with E-state index in [0.29, 0.717) is 5.78 Å². The summed E-state index contributed by atoms with van der Waals surface area (Å²) >= 11 is 0. The first-order valence-corrected chi connectivity index (χ1v) is 6.13. The summed E-state index contributed by atoms with van der Waals surface area (Å²) in [6.45, 7) is 0.785. The van der Waals surface area contributed by atoms with Gasteiger partial charge in [0.1, 0.15) is 0 Å². The predicted octanol–water partition coefficient (Wildman–Crippen LogP) is 2.06. The van der Waals surface area contributed by atoms with Crippen LogP contribution in [0.2, 0.25) is 0 Å². The second kappa shape index (κ2) is 4.24. The monoisotopic (exact) mass is 230 g/mol. The molecule has 0 spiro atoms. The fraction of sp³-hybridized carbons (Fsp3) is 0.357. The Labute approximate surface area is 102 Å². The first kappa shape index (κ1) is 10.4. The van der Waals surface area contributed by atoms with E-state index in [1.54, 1.807) is 0 Å². The van der Waals surface area contributed by atoms with E-state index in [1.165, 1.54) is 5.56 Å². The number of Topliss-reactive ketones (excluding diaryl/α,β-unsaturated/α-hetero) is 1. The summed E-state index contributed by atoms with van der Waals surface area (Å²) in [7, 11) is 0. The first-order chi connectivity index (χ1) is 8.34. The van der Waals surface area contributed by atoms with Crippen molar-refractivity contribution in [2.24, 2.45) is 5.92 Å². The number of allylic oxidation sites excluding steroid dienone is 1. The van der Waals surface area contributed by atoms with Gasteiger partial charge in [0.2, 0.25) is 0 Å². The van der Waals surface area contributed by atoms with Crippen LogP contribution >= 0.6 is 0 Å². The van der Waals surface area contributed by atoms with Gasteiger partial charge in [-0.05, 0) is 24.8 Å². The number of carbonyl (C=O) groups excluding carboxylic acids is 1. The zero-order chi connectivity index (χ0) is 11.7. The molecular formula is C14H18N2O. The molecule has 1 heterocycles. The molecule has 0 fully saturated rings. The minimum atomic E-state index is 0. The Balaban J connectivity index is 0.00000120. The number of hydrogen-bond donors (Lipinski definition) is 2. The number of ketones is 1. The summed E-state index contributed by atoms with van der Waals surface area (Å²) in [5, 5.41) is 6.36. The second-order valence-electron chi connectivity index (χ2n) is 4.69. The molecule has 3 heteroatoms. The number of rotatable bonds is 2. The average Bonchev–Trinajstić information content (AvgIpc) is 2.86. The molecule has 1 aromatic rings. The lowest BCUT2D eigenvalue weighted by Gasteiger charge is -2.23. The number of fused-ring (bicyclic) bond motifs is 1. The van der Waals surface area contributed by atoms with E-state index in [0.717, 1.165) is 37.2 Å². The lowest BCUT2D eigenvalue weighted by molar-refractivity contribution is 0.0900. The maximum absolute atomic E-state index is 12.3. The summed E-state index contributed by atoms with van der Waals surface area (Å²) in [6, 6.07) is 7.99. The molecule has 2 aliphatic rings. The second-order valence-corrected chi connectivity index (χ2v) is 4.69. The molecule has 1 aliphatic heterocycles. The predicted molar refractivity (Wildman–Crippen MR) is 68.5 cm³/mol. The van der Waals surface area contributed by atoms with Gasteiger partial charge in [0.05, 0.1) is 6.67 Å². The summed E-state index contributed by atoms with van der Waals surface area (Å²) in [6.07, 6.45) is 4.80. The third-order valence-corrected chi connectivity index (χ3v) is 3.58. The third kappa shape index (κ3) is 1.93. The topological polar surface area (TPSA) is 41.1 Å². The van der Waals surface area contributed by atoms with Crippen LogP contribution in [-0.2, 0) is 6.42 Å². The van der Waals surface area contributed by atoms with Crippen molar-refractivity contribution in [1.82, 2.24) is 10.6 Å². The molecule has 90 valence electrons. The molecule has 0 saturated heterocycles. The zero-order valence-electron chi connectivity index (χ0n) is 9.70. The standard InChI is InChI=1S/C14H16N2O.H2/c17-14-11(7-12-8-15-9-16-12)6-5-10-3-1-2-4-13(10)14;/h1-4,8,11,15-16H,5-7,9H2;1H. The Hall–Kier alpha value is -1.77. The number of carbonyl (C=O) groups is 1. The third-order valence-electron chi connectivity index (χ3n) is 3.58. The highest BCUT2D eigenvalue weighted by atomic mass is 16.1. The summed E-state index contributed by atoms with van der Waals surface area (Å²) in [5.74, 6) is 0.449.